The van der Waals surface area contributed by atoms with E-state index in [0.717, 1.165) is 12.0 Å². The van der Waals surface area contributed by atoms with Crippen molar-refractivity contribution in [2.24, 2.45) is 11.3 Å². The summed E-state index contributed by atoms with van der Waals surface area (Å²) in [7, 11) is 0. The Morgan fingerprint density at radius 1 is 1.29 bits per heavy atom. The highest BCUT2D eigenvalue weighted by Crippen LogP contribution is 2.56. The minimum Gasteiger partial charge on any atom is -0.456 e. The van der Waals surface area contributed by atoms with E-state index in [1.54, 1.807) is 0 Å². The Kier molecular flexibility index (Phi) is 2.45. The summed E-state index contributed by atoms with van der Waals surface area (Å²) in [5.41, 5.74) is 0.486. The molecular weight excluding hydrogens is 276 g/mol. The van der Waals surface area contributed by atoms with Crippen LogP contribution in [-0.2, 0) is 23.9 Å². The number of allylic oxidation sites excluding steroid dienone is 1. The van der Waals surface area contributed by atoms with Crippen molar-refractivity contribution in [3.05, 3.63) is 22.8 Å². The van der Waals surface area contributed by atoms with Crippen molar-refractivity contribution in [2.75, 3.05) is 6.61 Å². The van der Waals surface area contributed by atoms with Crippen LogP contribution in [0.2, 0.25) is 0 Å². The van der Waals surface area contributed by atoms with E-state index in [1.807, 2.05) is 6.08 Å². The van der Waals surface area contributed by atoms with Crippen molar-refractivity contribution in [1.82, 2.24) is 0 Å². The van der Waals surface area contributed by atoms with Crippen LogP contribution in [0, 0.1) is 11.3 Å². The van der Waals surface area contributed by atoms with Crippen LogP contribution in [-0.4, -0.2) is 35.7 Å². The van der Waals surface area contributed by atoms with Crippen molar-refractivity contribution in [3.63, 3.8) is 0 Å². The minimum atomic E-state index is -1.02. The van der Waals surface area contributed by atoms with Gasteiger partial charge in [0.15, 0.2) is 0 Å². The maximum Gasteiger partial charge on any atom is 0.342 e. The lowest BCUT2D eigenvalue weighted by Crippen LogP contribution is -2.31. The molecule has 2 aliphatic heterocycles. The van der Waals surface area contributed by atoms with Gasteiger partial charge in [-0.25, -0.2) is 9.59 Å². The van der Waals surface area contributed by atoms with Crippen molar-refractivity contribution in [2.45, 2.75) is 31.8 Å². The molecule has 0 saturated carbocycles. The van der Waals surface area contributed by atoms with Crippen LogP contribution in [0.3, 0.4) is 0 Å². The van der Waals surface area contributed by atoms with Gasteiger partial charge >= 0.3 is 17.9 Å². The van der Waals surface area contributed by atoms with Crippen LogP contribution >= 0.6 is 0 Å². The predicted octanol–water partition coefficient (Wildman–Crippen LogP) is 0.401. The van der Waals surface area contributed by atoms with E-state index < -0.39 is 29.4 Å². The van der Waals surface area contributed by atoms with Crippen molar-refractivity contribution in [3.8, 4) is 0 Å². The fourth-order valence-electron chi connectivity index (χ4n) is 4.14. The van der Waals surface area contributed by atoms with E-state index in [4.69, 9.17) is 9.47 Å². The molecule has 3 atom stereocenters. The molecule has 6 heteroatoms. The third kappa shape index (κ3) is 1.43. The van der Waals surface area contributed by atoms with Gasteiger partial charge in [-0.3, -0.25) is 4.79 Å². The molecule has 0 aromatic carbocycles. The molecule has 4 bridgehead atoms. The maximum absolute atomic E-state index is 12.4. The SMILES string of the molecule is O=C1OC(=O)C2=C1C[C@@]1(CCO)C(=O)OC3C1=CCC[C@H]23. The standard InChI is InChI=1S/C15H14O6/c16-5-4-15-6-8-10(13(18)21-12(8)17)7-2-1-3-9(15)11(7)20-14(15)19/h3,7,11,16H,1-2,4-6H2/t7-,11?,15-/m1/s1. The summed E-state index contributed by atoms with van der Waals surface area (Å²) in [6.45, 7) is -0.185. The lowest BCUT2D eigenvalue weighted by Gasteiger charge is -2.28. The maximum atomic E-state index is 12.4. The van der Waals surface area contributed by atoms with E-state index in [9.17, 15) is 19.5 Å². The first-order valence-electron chi connectivity index (χ1n) is 7.10. The molecule has 1 N–H and O–H groups in total. The van der Waals surface area contributed by atoms with Gasteiger partial charge in [-0.05, 0) is 24.8 Å². The summed E-state index contributed by atoms with van der Waals surface area (Å²) in [6.07, 6.45) is 3.13. The zero-order valence-electron chi connectivity index (χ0n) is 11.3. The van der Waals surface area contributed by atoms with Gasteiger partial charge in [-0.1, -0.05) is 6.08 Å². The number of carbonyl (C=O) groups excluding carboxylic acids is 3. The molecule has 0 radical (unpaired) electrons. The van der Waals surface area contributed by atoms with Crippen LogP contribution < -0.4 is 0 Å². The monoisotopic (exact) mass is 290 g/mol. The van der Waals surface area contributed by atoms with Crippen LogP contribution in [0.25, 0.3) is 0 Å². The van der Waals surface area contributed by atoms with E-state index in [0.29, 0.717) is 17.6 Å². The number of ether oxygens (including phenoxy) is 2. The normalized spacial score (nSPS) is 37.0. The fourth-order valence-corrected chi connectivity index (χ4v) is 4.14. The molecule has 110 valence electrons. The minimum absolute atomic E-state index is 0.0884. The number of hydrogen-bond acceptors (Lipinski definition) is 6. The first-order valence-corrected chi connectivity index (χ1v) is 7.10. The first-order chi connectivity index (χ1) is 10.1. The number of aliphatic hydroxyl groups is 1. The quantitative estimate of drug-likeness (QED) is 0.450. The summed E-state index contributed by atoms with van der Waals surface area (Å²) in [5.74, 6) is -1.97. The predicted molar refractivity (Wildman–Crippen MR) is 67.6 cm³/mol. The zero-order chi connectivity index (χ0) is 14.8. The van der Waals surface area contributed by atoms with Crippen LogP contribution in [0.5, 0.6) is 0 Å². The van der Waals surface area contributed by atoms with E-state index in [1.165, 1.54) is 0 Å². The molecule has 6 nitrogen and oxygen atoms in total. The topological polar surface area (TPSA) is 89.9 Å². The molecule has 4 rings (SSSR count). The van der Waals surface area contributed by atoms with Crippen LogP contribution in [0.15, 0.2) is 22.8 Å². The highest BCUT2D eigenvalue weighted by Gasteiger charge is 2.61. The lowest BCUT2D eigenvalue weighted by atomic mass is 9.71. The summed E-state index contributed by atoms with van der Waals surface area (Å²) < 4.78 is 10.2. The molecule has 1 fully saturated rings. The smallest absolute Gasteiger partial charge is 0.342 e. The van der Waals surface area contributed by atoms with Gasteiger partial charge in [0, 0.05) is 18.9 Å². The van der Waals surface area contributed by atoms with Gasteiger partial charge in [-0.15, -0.1) is 0 Å². The molecule has 1 saturated heterocycles. The first kappa shape index (κ1) is 12.8. The molecule has 0 aromatic heterocycles. The second kappa shape index (κ2) is 4.04. The second-order valence-corrected chi connectivity index (χ2v) is 5.97. The average Bonchev–Trinajstić information content (AvgIpc) is 2.84. The van der Waals surface area contributed by atoms with Crippen molar-refractivity contribution < 1.29 is 29.0 Å². The van der Waals surface area contributed by atoms with Gasteiger partial charge in [0.2, 0.25) is 0 Å². The van der Waals surface area contributed by atoms with E-state index in [2.05, 4.69) is 0 Å². The Labute approximate surface area is 120 Å². The Bertz CT molecular complexity index is 643. The van der Waals surface area contributed by atoms with Gasteiger partial charge in [0.1, 0.15) is 6.10 Å². The molecule has 0 amide bonds. The zero-order valence-corrected chi connectivity index (χ0v) is 11.3. The highest BCUT2D eigenvalue weighted by atomic mass is 16.6. The summed E-state index contributed by atoms with van der Waals surface area (Å²) in [5, 5.41) is 9.36. The molecular formula is C15H14O6. The largest absolute Gasteiger partial charge is 0.456 e. The summed E-state index contributed by atoms with van der Waals surface area (Å²) >= 11 is 0. The summed E-state index contributed by atoms with van der Waals surface area (Å²) in [4.78, 5) is 36.3. The average molecular weight is 290 g/mol. The number of cyclic esters (lactones) is 2. The number of esters is 3. The van der Waals surface area contributed by atoms with Gasteiger partial charge in [-0.2, -0.15) is 0 Å². The number of aliphatic hydroxyl groups excluding tert-OH is 1. The third-order valence-electron chi connectivity index (χ3n) is 5.06. The Balaban J connectivity index is 1.95. The highest BCUT2D eigenvalue weighted by molar-refractivity contribution is 6.13. The van der Waals surface area contributed by atoms with Gasteiger partial charge < -0.3 is 14.6 Å². The third-order valence-corrected chi connectivity index (χ3v) is 5.06. The molecule has 2 heterocycles. The number of hydrogen-bond donors (Lipinski definition) is 1. The van der Waals surface area contributed by atoms with Gasteiger partial charge in [0.25, 0.3) is 0 Å². The van der Waals surface area contributed by atoms with Crippen molar-refractivity contribution in [1.29, 1.82) is 0 Å². The van der Waals surface area contributed by atoms with Gasteiger partial charge in [0.05, 0.1) is 16.6 Å². The molecule has 21 heavy (non-hydrogen) atoms. The van der Waals surface area contributed by atoms with Crippen molar-refractivity contribution >= 4 is 17.9 Å². The molecule has 4 aliphatic rings. The fraction of sp³-hybridized carbons (Fsp3) is 0.533. The molecule has 0 aromatic rings. The Morgan fingerprint density at radius 3 is 2.86 bits per heavy atom. The number of fused-ring (bicyclic) bond motifs is 1. The summed E-state index contributed by atoms with van der Waals surface area (Å²) in [6, 6.07) is 0. The van der Waals surface area contributed by atoms with Crippen LogP contribution in [0.4, 0.5) is 0 Å². The van der Waals surface area contributed by atoms with Crippen LogP contribution in [0.1, 0.15) is 25.7 Å². The molecule has 2 aliphatic carbocycles. The van der Waals surface area contributed by atoms with E-state index in [-0.39, 0.29) is 25.4 Å². The molecule has 1 unspecified atom stereocenters. The number of rotatable bonds is 2. The van der Waals surface area contributed by atoms with E-state index >= 15 is 0 Å². The Morgan fingerprint density at radius 2 is 2.10 bits per heavy atom. The lowest BCUT2D eigenvalue weighted by molar-refractivity contribution is -0.152. The molecule has 0 spiro atoms. The number of carbonyl (C=O) groups is 3. The second-order valence-electron chi connectivity index (χ2n) is 5.97. The Hall–Kier alpha value is -1.95.